The summed E-state index contributed by atoms with van der Waals surface area (Å²) < 4.78 is 5.73. The predicted octanol–water partition coefficient (Wildman–Crippen LogP) is 3.39. The molecule has 0 aliphatic rings. The fourth-order valence-corrected chi connectivity index (χ4v) is 2.11. The Hall–Kier alpha value is -1.55. The molecule has 4 heteroatoms. The van der Waals surface area contributed by atoms with Crippen molar-refractivity contribution in [2.75, 3.05) is 13.2 Å². The van der Waals surface area contributed by atoms with Gasteiger partial charge >= 0.3 is 0 Å². The highest BCUT2D eigenvalue weighted by molar-refractivity contribution is 6.31. The van der Waals surface area contributed by atoms with Gasteiger partial charge < -0.3 is 15.2 Å². The van der Waals surface area contributed by atoms with Crippen LogP contribution in [0.3, 0.4) is 0 Å². The van der Waals surface area contributed by atoms with Gasteiger partial charge in [0.1, 0.15) is 12.4 Å². The van der Waals surface area contributed by atoms with E-state index in [2.05, 4.69) is 5.32 Å². The minimum Gasteiger partial charge on any atom is -0.489 e. The number of aliphatic hydroxyl groups is 1. The second kappa shape index (κ2) is 8.67. The van der Waals surface area contributed by atoms with Crippen LogP contribution in [0, 0.1) is 0 Å². The van der Waals surface area contributed by atoms with E-state index in [0.29, 0.717) is 6.61 Å². The Morgan fingerprint density at radius 3 is 2.52 bits per heavy atom. The smallest absolute Gasteiger partial charge is 0.119 e. The monoisotopic (exact) mass is 305 g/mol. The summed E-state index contributed by atoms with van der Waals surface area (Å²) in [6, 6.07) is 15.7. The SMILES string of the molecule is OCCCNCc1ccc(OCc2ccccc2Cl)cc1. The van der Waals surface area contributed by atoms with Crippen molar-refractivity contribution in [1.82, 2.24) is 5.32 Å². The Labute approximate surface area is 130 Å². The largest absolute Gasteiger partial charge is 0.489 e. The summed E-state index contributed by atoms with van der Waals surface area (Å²) in [5, 5.41) is 12.7. The fraction of sp³-hybridized carbons (Fsp3) is 0.294. The lowest BCUT2D eigenvalue weighted by Crippen LogP contribution is -2.15. The van der Waals surface area contributed by atoms with Crippen LogP contribution in [0.4, 0.5) is 0 Å². The lowest BCUT2D eigenvalue weighted by atomic mass is 10.2. The number of hydrogen-bond acceptors (Lipinski definition) is 3. The van der Waals surface area contributed by atoms with Gasteiger partial charge in [0.2, 0.25) is 0 Å². The molecule has 112 valence electrons. The summed E-state index contributed by atoms with van der Waals surface area (Å²) in [7, 11) is 0. The Bertz CT molecular complexity index is 543. The maximum Gasteiger partial charge on any atom is 0.119 e. The third-order valence-electron chi connectivity index (χ3n) is 3.12. The van der Waals surface area contributed by atoms with Gasteiger partial charge in [-0.3, -0.25) is 0 Å². The molecule has 0 radical (unpaired) electrons. The zero-order valence-corrected chi connectivity index (χ0v) is 12.6. The van der Waals surface area contributed by atoms with Gasteiger partial charge in [-0.25, -0.2) is 0 Å². The van der Waals surface area contributed by atoms with E-state index in [0.717, 1.165) is 35.8 Å². The van der Waals surface area contributed by atoms with E-state index < -0.39 is 0 Å². The van der Waals surface area contributed by atoms with Crippen molar-refractivity contribution in [3.63, 3.8) is 0 Å². The highest BCUT2D eigenvalue weighted by atomic mass is 35.5. The van der Waals surface area contributed by atoms with Gasteiger partial charge in [-0.2, -0.15) is 0 Å². The molecule has 0 aliphatic carbocycles. The predicted molar refractivity (Wildman–Crippen MR) is 85.6 cm³/mol. The summed E-state index contributed by atoms with van der Waals surface area (Å²) in [5.41, 5.74) is 2.17. The van der Waals surface area contributed by atoms with Crippen LogP contribution in [0.5, 0.6) is 5.75 Å². The van der Waals surface area contributed by atoms with Crippen LogP contribution in [0.2, 0.25) is 5.02 Å². The fourth-order valence-electron chi connectivity index (χ4n) is 1.92. The number of hydrogen-bond donors (Lipinski definition) is 2. The van der Waals surface area contributed by atoms with Crippen molar-refractivity contribution < 1.29 is 9.84 Å². The summed E-state index contributed by atoms with van der Waals surface area (Å²) in [6.07, 6.45) is 0.777. The molecular weight excluding hydrogens is 286 g/mol. The molecule has 0 saturated heterocycles. The first kappa shape index (κ1) is 15.8. The molecule has 2 aromatic carbocycles. The van der Waals surface area contributed by atoms with Crippen molar-refractivity contribution in [3.8, 4) is 5.75 Å². The maximum atomic E-state index is 8.71. The molecule has 0 saturated carbocycles. The first-order chi connectivity index (χ1) is 10.3. The summed E-state index contributed by atoms with van der Waals surface area (Å²) in [6.45, 7) is 2.31. The summed E-state index contributed by atoms with van der Waals surface area (Å²) in [4.78, 5) is 0. The molecule has 0 unspecified atom stereocenters. The molecule has 0 amide bonds. The van der Waals surface area contributed by atoms with Gasteiger partial charge in [0, 0.05) is 23.7 Å². The molecule has 0 aliphatic heterocycles. The van der Waals surface area contributed by atoms with Crippen molar-refractivity contribution in [2.24, 2.45) is 0 Å². The topological polar surface area (TPSA) is 41.5 Å². The van der Waals surface area contributed by atoms with E-state index in [4.69, 9.17) is 21.4 Å². The minimum absolute atomic E-state index is 0.224. The molecule has 0 bridgehead atoms. The number of benzene rings is 2. The number of nitrogens with one attached hydrogen (secondary N) is 1. The Morgan fingerprint density at radius 2 is 1.81 bits per heavy atom. The number of ether oxygens (including phenoxy) is 1. The van der Waals surface area contributed by atoms with E-state index in [1.54, 1.807) is 0 Å². The van der Waals surface area contributed by atoms with Gasteiger partial charge in [0.25, 0.3) is 0 Å². The lowest BCUT2D eigenvalue weighted by molar-refractivity contribution is 0.286. The molecule has 0 heterocycles. The average molecular weight is 306 g/mol. The second-order valence-corrected chi connectivity index (χ2v) is 5.19. The molecule has 2 rings (SSSR count). The van der Waals surface area contributed by atoms with Gasteiger partial charge in [0.15, 0.2) is 0 Å². The average Bonchev–Trinajstić information content (AvgIpc) is 2.52. The van der Waals surface area contributed by atoms with Crippen molar-refractivity contribution >= 4 is 11.6 Å². The van der Waals surface area contributed by atoms with Crippen molar-refractivity contribution in [2.45, 2.75) is 19.6 Å². The highest BCUT2D eigenvalue weighted by Gasteiger charge is 2.00. The van der Waals surface area contributed by atoms with Gasteiger partial charge in [-0.1, -0.05) is 41.9 Å². The Kier molecular flexibility index (Phi) is 6.54. The van der Waals surface area contributed by atoms with Gasteiger partial charge in [-0.05, 0) is 36.7 Å². The van der Waals surface area contributed by atoms with Crippen LogP contribution in [0.1, 0.15) is 17.5 Å². The van der Waals surface area contributed by atoms with Crippen molar-refractivity contribution in [1.29, 1.82) is 0 Å². The molecule has 2 aromatic rings. The first-order valence-corrected chi connectivity index (χ1v) is 7.44. The molecule has 2 N–H and O–H groups in total. The van der Waals surface area contributed by atoms with Crippen LogP contribution in [0.15, 0.2) is 48.5 Å². The van der Waals surface area contributed by atoms with Crippen LogP contribution >= 0.6 is 11.6 Å². The van der Waals surface area contributed by atoms with Crippen molar-refractivity contribution in [3.05, 3.63) is 64.7 Å². The molecule has 0 atom stereocenters. The van der Waals surface area contributed by atoms with Crippen LogP contribution < -0.4 is 10.1 Å². The highest BCUT2D eigenvalue weighted by Crippen LogP contribution is 2.18. The third kappa shape index (κ3) is 5.38. The molecule has 0 spiro atoms. The van der Waals surface area contributed by atoms with E-state index in [1.807, 2.05) is 48.5 Å². The van der Waals surface area contributed by atoms with E-state index >= 15 is 0 Å². The van der Waals surface area contributed by atoms with Crippen LogP contribution in [-0.2, 0) is 13.2 Å². The third-order valence-corrected chi connectivity index (χ3v) is 3.49. The molecule has 0 aromatic heterocycles. The number of rotatable bonds is 8. The van der Waals surface area contributed by atoms with Gasteiger partial charge in [-0.15, -0.1) is 0 Å². The van der Waals surface area contributed by atoms with E-state index in [1.165, 1.54) is 5.56 Å². The number of halogens is 1. The molecule has 3 nitrogen and oxygen atoms in total. The van der Waals surface area contributed by atoms with E-state index in [-0.39, 0.29) is 6.61 Å². The quantitative estimate of drug-likeness (QED) is 0.735. The summed E-state index contributed by atoms with van der Waals surface area (Å²) in [5.74, 6) is 0.828. The molecule has 0 fully saturated rings. The number of aliphatic hydroxyl groups excluding tert-OH is 1. The molecule has 21 heavy (non-hydrogen) atoms. The standard InChI is InChI=1S/C17H20ClNO2/c18-17-5-2-1-4-15(17)13-21-16-8-6-14(7-9-16)12-19-10-3-11-20/h1-2,4-9,19-20H,3,10-13H2. The lowest BCUT2D eigenvalue weighted by Gasteiger charge is -2.09. The van der Waals surface area contributed by atoms with E-state index in [9.17, 15) is 0 Å². The zero-order valence-electron chi connectivity index (χ0n) is 11.9. The second-order valence-electron chi connectivity index (χ2n) is 4.78. The van der Waals surface area contributed by atoms with Gasteiger partial charge in [0.05, 0.1) is 0 Å². The molecular formula is C17H20ClNO2. The summed E-state index contributed by atoms with van der Waals surface area (Å²) >= 11 is 6.09. The minimum atomic E-state index is 0.224. The normalized spacial score (nSPS) is 10.6. The first-order valence-electron chi connectivity index (χ1n) is 7.06. The van der Waals surface area contributed by atoms with Crippen LogP contribution in [0.25, 0.3) is 0 Å². The Balaban J connectivity index is 1.81. The maximum absolute atomic E-state index is 8.71. The zero-order chi connectivity index (χ0) is 14.9. The Morgan fingerprint density at radius 1 is 1.05 bits per heavy atom. The van der Waals surface area contributed by atoms with Crippen LogP contribution in [-0.4, -0.2) is 18.3 Å².